The van der Waals surface area contributed by atoms with Crippen LogP contribution in [0.3, 0.4) is 0 Å². The Bertz CT molecular complexity index is 577. The van der Waals surface area contributed by atoms with E-state index in [1.807, 2.05) is 0 Å². The van der Waals surface area contributed by atoms with Crippen molar-refractivity contribution in [2.45, 2.75) is 19.4 Å². The van der Waals surface area contributed by atoms with Gasteiger partial charge in [0, 0.05) is 24.7 Å². The van der Waals surface area contributed by atoms with Crippen LogP contribution < -0.4 is 4.72 Å². The van der Waals surface area contributed by atoms with Gasteiger partial charge >= 0.3 is 5.97 Å². The third-order valence-electron chi connectivity index (χ3n) is 2.75. The first kappa shape index (κ1) is 16.9. The van der Waals surface area contributed by atoms with Gasteiger partial charge in [-0.05, 0) is 18.6 Å². The van der Waals surface area contributed by atoms with Gasteiger partial charge in [0.15, 0.2) is 0 Å². The number of nitrogens with one attached hydrogen (secondary N) is 1. The summed E-state index contributed by atoms with van der Waals surface area (Å²) in [5.74, 6) is -1.05. The van der Waals surface area contributed by atoms with Gasteiger partial charge in [-0.2, -0.15) is 17.4 Å². The Morgan fingerprint density at radius 2 is 2.05 bits per heavy atom. The van der Waals surface area contributed by atoms with Crippen molar-refractivity contribution in [1.29, 1.82) is 0 Å². The molecule has 0 aliphatic heterocycles. The Labute approximate surface area is 123 Å². The molecule has 1 atom stereocenters. The number of nitrogens with zero attached hydrogens (tertiary/aromatic N) is 1. The van der Waals surface area contributed by atoms with Gasteiger partial charge in [-0.3, -0.25) is 4.79 Å². The number of aliphatic carboxylic acids is 1. The number of halogens is 1. The molecule has 0 amide bonds. The van der Waals surface area contributed by atoms with Gasteiger partial charge in [-0.15, -0.1) is 0 Å². The molecule has 0 aromatic heterocycles. The van der Waals surface area contributed by atoms with E-state index in [0.29, 0.717) is 10.6 Å². The summed E-state index contributed by atoms with van der Waals surface area (Å²) < 4.78 is 27.5. The lowest BCUT2D eigenvalue weighted by atomic mass is 10.1. The molecule has 8 heteroatoms. The Morgan fingerprint density at radius 3 is 2.60 bits per heavy atom. The highest BCUT2D eigenvalue weighted by Gasteiger charge is 2.22. The Balaban J connectivity index is 2.75. The van der Waals surface area contributed by atoms with E-state index in [-0.39, 0.29) is 13.0 Å². The lowest BCUT2D eigenvalue weighted by molar-refractivity contribution is -0.137. The number of carboxylic acids is 1. The molecule has 0 spiro atoms. The molecule has 2 N–H and O–H groups in total. The second-order valence-electron chi connectivity index (χ2n) is 4.33. The van der Waals surface area contributed by atoms with E-state index in [1.54, 1.807) is 31.2 Å². The van der Waals surface area contributed by atoms with Crippen LogP contribution >= 0.6 is 11.6 Å². The molecule has 1 rings (SSSR count). The average molecular weight is 321 g/mol. The Hall–Kier alpha value is -1.15. The topological polar surface area (TPSA) is 86.7 Å². The highest BCUT2D eigenvalue weighted by molar-refractivity contribution is 7.87. The smallest absolute Gasteiger partial charge is 0.304 e. The fourth-order valence-corrected chi connectivity index (χ4v) is 2.96. The van der Waals surface area contributed by atoms with Crippen LogP contribution in [0.4, 0.5) is 0 Å². The summed E-state index contributed by atoms with van der Waals surface area (Å²) in [5, 5.41) is 9.03. The quantitative estimate of drug-likeness (QED) is 0.799. The van der Waals surface area contributed by atoms with Crippen LogP contribution in [0.1, 0.15) is 24.9 Å². The molecule has 0 radical (unpaired) electrons. The molecular formula is C12H17ClN2O4S. The zero-order chi connectivity index (χ0) is 15.3. The summed E-state index contributed by atoms with van der Waals surface area (Å²) in [6, 6.07) is 6.41. The third kappa shape index (κ3) is 4.75. The van der Waals surface area contributed by atoms with Gasteiger partial charge in [-0.25, -0.2) is 0 Å². The van der Waals surface area contributed by atoms with Crippen LogP contribution in [0.25, 0.3) is 0 Å². The maximum Gasteiger partial charge on any atom is 0.304 e. The van der Waals surface area contributed by atoms with Crippen LogP contribution in [0.15, 0.2) is 24.3 Å². The summed E-state index contributed by atoms with van der Waals surface area (Å²) in [4.78, 5) is 10.5. The first-order valence-electron chi connectivity index (χ1n) is 5.94. The van der Waals surface area contributed by atoms with Crippen molar-refractivity contribution in [1.82, 2.24) is 9.03 Å². The summed E-state index contributed by atoms with van der Waals surface area (Å²) in [5.41, 5.74) is 0.657. The molecule has 1 unspecified atom stereocenters. The number of carbonyl (C=O) groups is 1. The van der Waals surface area contributed by atoms with Crippen molar-refractivity contribution in [2.24, 2.45) is 0 Å². The second-order valence-corrected chi connectivity index (χ2v) is 6.55. The van der Waals surface area contributed by atoms with Crippen LogP contribution in [0.5, 0.6) is 0 Å². The van der Waals surface area contributed by atoms with E-state index < -0.39 is 22.2 Å². The zero-order valence-corrected chi connectivity index (χ0v) is 12.8. The number of carboxylic acid groups (broad SMARTS) is 1. The molecule has 1 aromatic rings. The van der Waals surface area contributed by atoms with Crippen molar-refractivity contribution < 1.29 is 18.3 Å². The van der Waals surface area contributed by atoms with Crippen molar-refractivity contribution in [3.63, 3.8) is 0 Å². The van der Waals surface area contributed by atoms with Crippen molar-refractivity contribution in [3.8, 4) is 0 Å². The first-order chi connectivity index (χ1) is 9.24. The van der Waals surface area contributed by atoms with Gasteiger partial charge in [-0.1, -0.05) is 29.8 Å². The fourth-order valence-electron chi connectivity index (χ4n) is 1.58. The molecule has 0 fully saturated rings. The lowest BCUT2D eigenvalue weighted by Gasteiger charge is -2.21. The van der Waals surface area contributed by atoms with Crippen LogP contribution in [0.2, 0.25) is 5.02 Å². The molecule has 0 aliphatic rings. The SMILES string of the molecule is CC(NS(=O)(=O)N(C)CCC(=O)O)c1ccccc1Cl. The number of rotatable bonds is 7. The lowest BCUT2D eigenvalue weighted by Crippen LogP contribution is -2.40. The molecule has 0 aliphatic carbocycles. The normalized spacial score (nSPS) is 13.4. The summed E-state index contributed by atoms with van der Waals surface area (Å²) in [6.45, 7) is 1.57. The average Bonchev–Trinajstić information content (AvgIpc) is 2.35. The number of hydrogen-bond acceptors (Lipinski definition) is 3. The molecule has 0 saturated heterocycles. The summed E-state index contributed by atoms with van der Waals surface area (Å²) in [6.07, 6.45) is -0.252. The standard InChI is InChI=1S/C12H17ClN2O4S/c1-9(10-5-3-4-6-11(10)13)14-20(18,19)15(2)8-7-12(16)17/h3-6,9,14H,7-8H2,1-2H3,(H,16,17). The van der Waals surface area contributed by atoms with Crippen molar-refractivity contribution >= 4 is 27.8 Å². The van der Waals surface area contributed by atoms with Gasteiger partial charge in [0.05, 0.1) is 6.42 Å². The predicted octanol–water partition coefficient (Wildman–Crippen LogP) is 1.64. The highest BCUT2D eigenvalue weighted by Crippen LogP contribution is 2.22. The molecule has 0 bridgehead atoms. The van der Waals surface area contributed by atoms with E-state index in [1.165, 1.54) is 7.05 Å². The third-order valence-corrected chi connectivity index (χ3v) is 4.75. The van der Waals surface area contributed by atoms with Crippen LogP contribution in [-0.4, -0.2) is 37.4 Å². The van der Waals surface area contributed by atoms with E-state index in [4.69, 9.17) is 16.7 Å². The van der Waals surface area contributed by atoms with E-state index in [0.717, 1.165) is 4.31 Å². The predicted molar refractivity (Wildman–Crippen MR) is 76.8 cm³/mol. The van der Waals surface area contributed by atoms with Gasteiger partial charge in [0.1, 0.15) is 0 Å². The highest BCUT2D eigenvalue weighted by atomic mass is 35.5. The Morgan fingerprint density at radius 1 is 1.45 bits per heavy atom. The molecule has 6 nitrogen and oxygen atoms in total. The van der Waals surface area contributed by atoms with Gasteiger partial charge in [0.2, 0.25) is 0 Å². The van der Waals surface area contributed by atoms with Crippen LogP contribution in [-0.2, 0) is 15.0 Å². The summed E-state index contributed by atoms with van der Waals surface area (Å²) in [7, 11) is -2.43. The van der Waals surface area contributed by atoms with Crippen molar-refractivity contribution in [3.05, 3.63) is 34.9 Å². The van der Waals surface area contributed by atoms with E-state index in [9.17, 15) is 13.2 Å². The van der Waals surface area contributed by atoms with Crippen LogP contribution in [0, 0.1) is 0 Å². The number of benzene rings is 1. The first-order valence-corrected chi connectivity index (χ1v) is 7.75. The van der Waals surface area contributed by atoms with Gasteiger partial charge in [0.25, 0.3) is 10.2 Å². The molecule has 0 saturated carbocycles. The molecule has 20 heavy (non-hydrogen) atoms. The second kappa shape index (κ2) is 7.03. The molecule has 1 aromatic carbocycles. The maximum absolute atomic E-state index is 12.0. The zero-order valence-electron chi connectivity index (χ0n) is 11.2. The number of hydrogen-bond donors (Lipinski definition) is 2. The minimum atomic E-state index is -3.76. The van der Waals surface area contributed by atoms with E-state index in [2.05, 4.69) is 4.72 Å². The monoisotopic (exact) mass is 320 g/mol. The molecule has 0 heterocycles. The molecular weight excluding hydrogens is 304 g/mol. The van der Waals surface area contributed by atoms with Crippen molar-refractivity contribution in [2.75, 3.05) is 13.6 Å². The maximum atomic E-state index is 12.0. The minimum absolute atomic E-state index is 0.0973. The van der Waals surface area contributed by atoms with Gasteiger partial charge < -0.3 is 5.11 Å². The van der Waals surface area contributed by atoms with E-state index >= 15 is 0 Å². The summed E-state index contributed by atoms with van der Waals surface area (Å²) >= 11 is 6.00. The molecule has 112 valence electrons. The fraction of sp³-hybridized carbons (Fsp3) is 0.417. The largest absolute Gasteiger partial charge is 0.481 e. The Kier molecular flexibility index (Phi) is 5.94. The minimum Gasteiger partial charge on any atom is -0.481 e.